The predicted octanol–water partition coefficient (Wildman–Crippen LogP) is 3.03. The van der Waals surface area contributed by atoms with Crippen molar-refractivity contribution in [3.05, 3.63) is 101 Å². The molecule has 0 saturated carbocycles. The smallest absolute Gasteiger partial charge is 0.249 e. The number of carbonyl (C=O) groups is 2. The number of amides is 2. The highest BCUT2D eigenvalue weighted by atomic mass is 16.5. The Kier molecular flexibility index (Phi) is 13.1. The van der Waals surface area contributed by atoms with Crippen LogP contribution in [0.15, 0.2) is 76.2 Å². The van der Waals surface area contributed by atoms with Gasteiger partial charge in [-0.15, -0.1) is 0 Å². The summed E-state index contributed by atoms with van der Waals surface area (Å²) >= 11 is 0. The lowest BCUT2D eigenvalue weighted by atomic mass is 9.75. The molecule has 0 radical (unpaired) electrons. The van der Waals surface area contributed by atoms with Gasteiger partial charge in [0.25, 0.3) is 0 Å². The molecule has 4 aromatic rings. The van der Waals surface area contributed by atoms with Crippen LogP contribution in [0.3, 0.4) is 0 Å². The quantitative estimate of drug-likeness (QED) is 0.0459. The highest BCUT2D eigenvalue weighted by Gasteiger charge is 2.45. The van der Waals surface area contributed by atoms with Crippen LogP contribution in [0.2, 0.25) is 0 Å². The molecule has 0 aliphatic heterocycles. The number of guanidine groups is 1. The van der Waals surface area contributed by atoms with Gasteiger partial charge in [0.2, 0.25) is 17.7 Å². The Balaban J connectivity index is 1.61. The maximum Gasteiger partial charge on any atom is 0.249 e. The van der Waals surface area contributed by atoms with Crippen LogP contribution in [0.5, 0.6) is 5.75 Å². The second-order valence-corrected chi connectivity index (χ2v) is 12.8. The molecule has 2 amide bonds. The summed E-state index contributed by atoms with van der Waals surface area (Å²) in [5, 5.41) is 17.4. The number of nitrogens with zero attached hydrogens (tertiary/aromatic N) is 3. The molecule has 4 rings (SSSR count). The molecule has 13 nitrogen and oxygen atoms in total. The van der Waals surface area contributed by atoms with Crippen molar-refractivity contribution in [2.75, 3.05) is 13.1 Å². The van der Waals surface area contributed by atoms with Crippen molar-refractivity contribution in [1.29, 1.82) is 0 Å². The Morgan fingerprint density at radius 1 is 0.960 bits per heavy atom. The number of phenolic OH excluding ortho intramolecular Hbond substituents is 1. The minimum Gasteiger partial charge on any atom is -0.508 e. The number of aromatic nitrogens is 2. The summed E-state index contributed by atoms with van der Waals surface area (Å²) in [5.41, 5.74) is 33.2. The van der Waals surface area contributed by atoms with E-state index in [1.165, 1.54) is 0 Å². The Bertz CT molecular complexity index is 1730. The van der Waals surface area contributed by atoms with Crippen molar-refractivity contribution in [2.45, 2.75) is 70.4 Å². The number of hydrogen-bond acceptors (Lipinski definition) is 9. The number of aromatic hydroxyl groups is 1. The van der Waals surface area contributed by atoms with Gasteiger partial charge in [-0.3, -0.25) is 14.6 Å². The second kappa shape index (κ2) is 17.4. The van der Waals surface area contributed by atoms with E-state index in [0.29, 0.717) is 44.5 Å². The highest BCUT2D eigenvalue weighted by molar-refractivity contribution is 5.93. The molecule has 0 saturated heterocycles. The molecule has 0 aliphatic rings. The normalized spacial score (nSPS) is 13.6. The molecule has 3 aromatic carbocycles. The maximum absolute atomic E-state index is 14.4. The maximum atomic E-state index is 14.4. The summed E-state index contributed by atoms with van der Waals surface area (Å²) < 4.78 is 5.71. The molecular formula is C37H49N9O4. The molecule has 0 aliphatic carbocycles. The van der Waals surface area contributed by atoms with E-state index in [2.05, 4.69) is 32.6 Å². The average molecular weight is 684 g/mol. The fraction of sp³-hybridized carbons (Fsp3) is 0.378. The number of rotatable bonds is 18. The number of aliphatic imine (C=N–C) groups is 1. The van der Waals surface area contributed by atoms with Crippen LogP contribution in [0.25, 0.3) is 11.1 Å². The number of unbranched alkanes of at least 4 members (excludes halogenated alkanes) is 1. The van der Waals surface area contributed by atoms with Crippen LogP contribution >= 0.6 is 0 Å². The first kappa shape index (κ1) is 37.5. The van der Waals surface area contributed by atoms with Crippen LogP contribution < -0.4 is 34.0 Å². The molecule has 50 heavy (non-hydrogen) atoms. The number of primary amides is 1. The monoisotopic (exact) mass is 683 g/mol. The van der Waals surface area contributed by atoms with E-state index in [4.69, 9.17) is 33.2 Å². The minimum atomic E-state index is -1.77. The lowest BCUT2D eigenvalue weighted by Gasteiger charge is -2.35. The van der Waals surface area contributed by atoms with Gasteiger partial charge >= 0.3 is 0 Å². The van der Waals surface area contributed by atoms with Gasteiger partial charge in [-0.1, -0.05) is 59.8 Å². The topological polar surface area (TPSA) is 248 Å². The predicted molar refractivity (Wildman–Crippen MR) is 194 cm³/mol. The van der Waals surface area contributed by atoms with E-state index in [-0.39, 0.29) is 37.0 Å². The molecule has 0 bridgehead atoms. The van der Waals surface area contributed by atoms with E-state index < -0.39 is 29.3 Å². The van der Waals surface area contributed by atoms with Gasteiger partial charge in [0.15, 0.2) is 11.8 Å². The molecule has 3 atom stereocenters. The van der Waals surface area contributed by atoms with Crippen molar-refractivity contribution in [3.63, 3.8) is 0 Å². The van der Waals surface area contributed by atoms with Gasteiger partial charge in [0, 0.05) is 13.0 Å². The van der Waals surface area contributed by atoms with E-state index >= 15 is 0 Å². The van der Waals surface area contributed by atoms with Crippen LogP contribution in [-0.2, 0) is 22.4 Å². The number of hydrogen-bond donors (Lipinski definition) is 7. The Morgan fingerprint density at radius 3 is 2.24 bits per heavy atom. The zero-order chi connectivity index (χ0) is 36.3. The van der Waals surface area contributed by atoms with E-state index in [9.17, 15) is 14.7 Å². The zero-order valence-electron chi connectivity index (χ0n) is 28.8. The average Bonchev–Trinajstić information content (AvgIpc) is 3.54. The third-order valence-corrected chi connectivity index (χ3v) is 9.00. The lowest BCUT2D eigenvalue weighted by Crippen LogP contribution is -2.62. The standard InChI is InChI=1S/C37H49N9O4/c1-23-19-28(47)20-24(2)29(23)22-30(37(42,35(39)49)16-8-18-43-36(40)41)33(48)44-31(11-6-7-17-38)34-45-32(46-50-34)21-25-12-14-27(15-13-25)26-9-4-3-5-10-26/h3-5,9-10,12-15,19-20,30-31,47H,6-8,11,16-18,21-22,38,42H2,1-2H3,(H2,39,49)(H,44,48)(H4,40,41,43)/t30-,31+,37?/m1/s1. The van der Waals surface area contributed by atoms with Crippen molar-refractivity contribution < 1.29 is 19.2 Å². The van der Waals surface area contributed by atoms with Gasteiger partial charge < -0.3 is 43.6 Å². The second-order valence-electron chi connectivity index (χ2n) is 12.8. The highest BCUT2D eigenvalue weighted by Crippen LogP contribution is 2.31. The summed E-state index contributed by atoms with van der Waals surface area (Å²) in [6.45, 7) is 4.31. The molecular weight excluding hydrogens is 634 g/mol. The number of aryl methyl sites for hydroxylation is 2. The summed E-state index contributed by atoms with van der Waals surface area (Å²) in [5.74, 6) is -1.76. The van der Waals surface area contributed by atoms with Crippen molar-refractivity contribution >= 4 is 17.8 Å². The zero-order valence-corrected chi connectivity index (χ0v) is 28.8. The lowest BCUT2D eigenvalue weighted by molar-refractivity contribution is -0.135. The van der Waals surface area contributed by atoms with Gasteiger partial charge in [-0.2, -0.15) is 4.98 Å². The van der Waals surface area contributed by atoms with E-state index in [0.717, 1.165) is 33.4 Å². The summed E-state index contributed by atoms with van der Waals surface area (Å²) in [6.07, 6.45) is 2.68. The summed E-state index contributed by atoms with van der Waals surface area (Å²) in [4.78, 5) is 36.1. The van der Waals surface area contributed by atoms with Crippen LogP contribution in [0.4, 0.5) is 0 Å². The van der Waals surface area contributed by atoms with Gasteiger partial charge in [0.05, 0.1) is 5.92 Å². The van der Waals surface area contributed by atoms with Gasteiger partial charge in [-0.25, -0.2) is 0 Å². The Hall–Kier alpha value is -5.27. The van der Waals surface area contributed by atoms with Crippen LogP contribution in [0, 0.1) is 19.8 Å². The largest absolute Gasteiger partial charge is 0.508 e. The van der Waals surface area contributed by atoms with Crippen LogP contribution in [0.1, 0.15) is 72.1 Å². The number of benzene rings is 3. The van der Waals surface area contributed by atoms with E-state index in [1.54, 1.807) is 12.1 Å². The first-order chi connectivity index (χ1) is 23.9. The molecule has 13 heteroatoms. The first-order valence-corrected chi connectivity index (χ1v) is 16.8. The molecule has 0 spiro atoms. The third kappa shape index (κ3) is 9.89. The van der Waals surface area contributed by atoms with E-state index in [1.807, 2.05) is 56.3 Å². The Labute approximate surface area is 292 Å². The van der Waals surface area contributed by atoms with Gasteiger partial charge in [-0.05, 0) is 104 Å². The molecule has 1 unspecified atom stereocenters. The molecule has 1 aromatic heterocycles. The number of phenols is 1. The van der Waals surface area contributed by atoms with Crippen LogP contribution in [-0.4, -0.2) is 51.6 Å². The molecule has 0 fully saturated rings. The molecule has 266 valence electrons. The van der Waals surface area contributed by atoms with Crippen molar-refractivity contribution in [2.24, 2.45) is 39.6 Å². The minimum absolute atomic E-state index is 0.0407. The fourth-order valence-electron chi connectivity index (χ4n) is 6.19. The number of nitrogens with one attached hydrogen (secondary N) is 1. The third-order valence-electron chi connectivity index (χ3n) is 9.00. The SMILES string of the molecule is Cc1cc(O)cc(C)c1C[C@H](C(=O)N[C@@H](CCCCN)c1nc(Cc2ccc(-c3ccccc3)cc2)no1)C(N)(CCCN=C(N)N)C(N)=O. The summed E-state index contributed by atoms with van der Waals surface area (Å²) in [6, 6.07) is 20.8. The fourth-order valence-corrected chi connectivity index (χ4v) is 6.19. The first-order valence-electron chi connectivity index (χ1n) is 16.8. The molecule has 1 heterocycles. The van der Waals surface area contributed by atoms with Gasteiger partial charge in [0.1, 0.15) is 17.3 Å². The summed E-state index contributed by atoms with van der Waals surface area (Å²) in [7, 11) is 0. The number of carbonyl (C=O) groups excluding carboxylic acids is 2. The van der Waals surface area contributed by atoms with Crippen molar-refractivity contribution in [1.82, 2.24) is 15.5 Å². The Morgan fingerprint density at radius 2 is 1.62 bits per heavy atom. The molecule has 12 N–H and O–H groups in total. The number of nitrogens with two attached hydrogens (primary N) is 5. The van der Waals surface area contributed by atoms with Crippen molar-refractivity contribution in [3.8, 4) is 16.9 Å².